The first-order chi connectivity index (χ1) is 11.6. The van der Waals surface area contributed by atoms with Gasteiger partial charge in [-0.3, -0.25) is 4.68 Å². The fraction of sp³-hybridized carbons (Fsp3) is 0.300. The predicted molar refractivity (Wildman–Crippen MR) is 98.3 cm³/mol. The molecule has 4 aromatic rings. The van der Waals surface area contributed by atoms with Crippen molar-refractivity contribution in [3.05, 3.63) is 60.0 Å². The summed E-state index contributed by atoms with van der Waals surface area (Å²) in [5, 5.41) is 5.70. The molecule has 122 valence electrons. The number of fused-ring (bicyclic) bond motifs is 2. The van der Waals surface area contributed by atoms with Gasteiger partial charge in [-0.05, 0) is 44.0 Å². The van der Waals surface area contributed by atoms with E-state index in [0.29, 0.717) is 12.0 Å². The molecule has 0 aliphatic carbocycles. The Hall–Kier alpha value is -2.62. The summed E-state index contributed by atoms with van der Waals surface area (Å²) in [6, 6.07) is 15.2. The summed E-state index contributed by atoms with van der Waals surface area (Å²) in [5.74, 6) is 1.39. The summed E-state index contributed by atoms with van der Waals surface area (Å²) >= 11 is 0. The van der Waals surface area contributed by atoms with Gasteiger partial charge in [0.15, 0.2) is 0 Å². The van der Waals surface area contributed by atoms with E-state index in [1.165, 1.54) is 16.5 Å². The predicted octanol–water partition coefficient (Wildman–Crippen LogP) is 4.84. The van der Waals surface area contributed by atoms with Crippen LogP contribution >= 0.6 is 0 Å². The number of imidazole rings is 1. The molecule has 0 aliphatic heterocycles. The van der Waals surface area contributed by atoms with Crippen molar-refractivity contribution in [1.29, 1.82) is 0 Å². The van der Waals surface area contributed by atoms with Gasteiger partial charge < -0.3 is 4.98 Å². The highest BCUT2D eigenvalue weighted by Crippen LogP contribution is 2.24. The van der Waals surface area contributed by atoms with Crippen LogP contribution in [0.5, 0.6) is 0 Å². The molecular weight excluding hydrogens is 296 g/mol. The van der Waals surface area contributed by atoms with Crippen LogP contribution in [0.2, 0.25) is 0 Å². The smallest absolute Gasteiger partial charge is 0.110 e. The van der Waals surface area contributed by atoms with Gasteiger partial charge in [-0.2, -0.15) is 5.10 Å². The first-order valence-corrected chi connectivity index (χ1v) is 8.52. The van der Waals surface area contributed by atoms with Crippen molar-refractivity contribution in [2.24, 2.45) is 0 Å². The lowest BCUT2D eigenvalue weighted by Gasteiger charge is -2.11. The summed E-state index contributed by atoms with van der Waals surface area (Å²) in [7, 11) is 0. The largest absolute Gasteiger partial charge is 0.342 e. The standard InChI is InChI=1S/C20H22N4/c1-13(2)24-19-11-15(8-9-16(19)12-21-24)10-14(3)20-22-17-6-4-5-7-18(17)23-20/h4-9,11-14H,10H2,1-3H3,(H,22,23). The number of aromatic nitrogens is 4. The molecular formula is C20H22N4. The molecule has 0 fully saturated rings. The van der Waals surface area contributed by atoms with Gasteiger partial charge in [0.2, 0.25) is 0 Å². The Balaban J connectivity index is 1.64. The lowest BCUT2D eigenvalue weighted by Crippen LogP contribution is -2.03. The van der Waals surface area contributed by atoms with Gasteiger partial charge in [0, 0.05) is 17.3 Å². The zero-order valence-electron chi connectivity index (χ0n) is 14.3. The molecule has 2 heterocycles. The quantitative estimate of drug-likeness (QED) is 0.585. The van der Waals surface area contributed by atoms with Crippen molar-refractivity contribution >= 4 is 21.9 Å². The first-order valence-electron chi connectivity index (χ1n) is 8.52. The first kappa shape index (κ1) is 14.9. The molecule has 0 saturated heterocycles. The van der Waals surface area contributed by atoms with Crippen LogP contribution in [0.25, 0.3) is 21.9 Å². The average Bonchev–Trinajstić information content (AvgIpc) is 3.18. The van der Waals surface area contributed by atoms with E-state index in [9.17, 15) is 0 Å². The highest BCUT2D eigenvalue weighted by molar-refractivity contribution is 5.79. The highest BCUT2D eigenvalue weighted by atomic mass is 15.3. The number of aromatic amines is 1. The molecule has 1 unspecified atom stereocenters. The number of H-pyrrole nitrogens is 1. The Labute approximate surface area is 141 Å². The van der Waals surface area contributed by atoms with Crippen LogP contribution in [0, 0.1) is 0 Å². The maximum Gasteiger partial charge on any atom is 0.110 e. The van der Waals surface area contributed by atoms with E-state index in [4.69, 9.17) is 4.98 Å². The molecule has 2 aromatic heterocycles. The summed E-state index contributed by atoms with van der Waals surface area (Å²) < 4.78 is 2.09. The summed E-state index contributed by atoms with van der Waals surface area (Å²) in [6.45, 7) is 6.55. The Morgan fingerprint density at radius 2 is 1.92 bits per heavy atom. The van der Waals surface area contributed by atoms with Crippen LogP contribution in [0.15, 0.2) is 48.7 Å². The summed E-state index contributed by atoms with van der Waals surface area (Å²) in [6.07, 6.45) is 2.90. The van der Waals surface area contributed by atoms with Gasteiger partial charge in [-0.25, -0.2) is 4.98 Å². The Bertz CT molecular complexity index is 960. The maximum absolute atomic E-state index is 4.73. The molecule has 2 aromatic carbocycles. The molecule has 0 saturated carbocycles. The molecule has 4 rings (SSSR count). The van der Waals surface area contributed by atoms with Crippen molar-refractivity contribution in [2.75, 3.05) is 0 Å². The van der Waals surface area contributed by atoms with Gasteiger partial charge in [-0.15, -0.1) is 0 Å². The average molecular weight is 318 g/mol. The van der Waals surface area contributed by atoms with E-state index in [1.807, 2.05) is 18.3 Å². The van der Waals surface area contributed by atoms with E-state index >= 15 is 0 Å². The number of rotatable bonds is 4. The summed E-state index contributed by atoms with van der Waals surface area (Å²) in [5.41, 5.74) is 4.66. The van der Waals surface area contributed by atoms with Crippen LogP contribution < -0.4 is 0 Å². The van der Waals surface area contributed by atoms with Crippen molar-refractivity contribution in [3.63, 3.8) is 0 Å². The molecule has 1 atom stereocenters. The van der Waals surface area contributed by atoms with Crippen molar-refractivity contribution in [2.45, 2.75) is 39.2 Å². The minimum Gasteiger partial charge on any atom is -0.342 e. The number of nitrogens with one attached hydrogen (secondary N) is 1. The third-order valence-corrected chi connectivity index (χ3v) is 4.57. The monoisotopic (exact) mass is 318 g/mol. The number of nitrogens with zero attached hydrogens (tertiary/aromatic N) is 3. The van der Waals surface area contributed by atoms with Crippen LogP contribution in [-0.4, -0.2) is 19.7 Å². The summed E-state index contributed by atoms with van der Waals surface area (Å²) in [4.78, 5) is 8.18. The lowest BCUT2D eigenvalue weighted by molar-refractivity contribution is 0.550. The molecule has 1 N–H and O–H groups in total. The van der Waals surface area contributed by atoms with E-state index in [2.05, 4.69) is 65.9 Å². The minimum absolute atomic E-state index is 0.338. The van der Waals surface area contributed by atoms with Crippen LogP contribution in [0.4, 0.5) is 0 Å². The number of benzene rings is 2. The van der Waals surface area contributed by atoms with Crippen LogP contribution in [-0.2, 0) is 6.42 Å². The maximum atomic E-state index is 4.73. The van der Waals surface area contributed by atoms with Crippen LogP contribution in [0.1, 0.15) is 44.1 Å². The molecule has 4 heteroatoms. The number of hydrogen-bond acceptors (Lipinski definition) is 2. The fourth-order valence-electron chi connectivity index (χ4n) is 3.28. The third kappa shape index (κ3) is 2.58. The highest BCUT2D eigenvalue weighted by Gasteiger charge is 2.13. The second-order valence-electron chi connectivity index (χ2n) is 6.82. The Kier molecular flexibility index (Phi) is 3.60. The normalized spacial score (nSPS) is 13.2. The second kappa shape index (κ2) is 5.78. The van der Waals surface area contributed by atoms with Gasteiger partial charge in [0.05, 0.1) is 22.7 Å². The lowest BCUT2D eigenvalue weighted by atomic mass is 9.99. The SMILES string of the molecule is CC(Cc1ccc2cnn(C(C)C)c2c1)c1nc2ccccc2[nH]1. The van der Waals surface area contributed by atoms with Crippen molar-refractivity contribution in [3.8, 4) is 0 Å². The van der Waals surface area contributed by atoms with Gasteiger partial charge in [-0.1, -0.05) is 31.2 Å². The molecule has 0 bridgehead atoms. The number of para-hydroxylation sites is 2. The molecule has 24 heavy (non-hydrogen) atoms. The topological polar surface area (TPSA) is 46.5 Å². The zero-order valence-corrected chi connectivity index (χ0v) is 14.3. The van der Waals surface area contributed by atoms with Crippen molar-refractivity contribution in [1.82, 2.24) is 19.7 Å². The van der Waals surface area contributed by atoms with E-state index in [-0.39, 0.29) is 0 Å². The van der Waals surface area contributed by atoms with E-state index in [1.54, 1.807) is 0 Å². The molecule has 0 aliphatic rings. The van der Waals surface area contributed by atoms with Gasteiger partial charge in [0.25, 0.3) is 0 Å². The van der Waals surface area contributed by atoms with Crippen molar-refractivity contribution < 1.29 is 0 Å². The molecule has 0 spiro atoms. The molecule has 4 nitrogen and oxygen atoms in total. The second-order valence-corrected chi connectivity index (χ2v) is 6.82. The van der Waals surface area contributed by atoms with E-state index < -0.39 is 0 Å². The van der Waals surface area contributed by atoms with Crippen LogP contribution in [0.3, 0.4) is 0 Å². The Morgan fingerprint density at radius 3 is 2.71 bits per heavy atom. The minimum atomic E-state index is 0.338. The van der Waals surface area contributed by atoms with Gasteiger partial charge >= 0.3 is 0 Å². The fourth-order valence-corrected chi connectivity index (χ4v) is 3.28. The molecule has 0 amide bonds. The molecule has 0 radical (unpaired) electrons. The third-order valence-electron chi connectivity index (χ3n) is 4.57. The zero-order chi connectivity index (χ0) is 16.7. The van der Waals surface area contributed by atoms with E-state index in [0.717, 1.165) is 23.3 Å². The number of hydrogen-bond donors (Lipinski definition) is 1. The van der Waals surface area contributed by atoms with Gasteiger partial charge in [0.1, 0.15) is 5.82 Å². The Morgan fingerprint density at radius 1 is 1.08 bits per heavy atom.